The summed E-state index contributed by atoms with van der Waals surface area (Å²) in [5.74, 6) is 0.654. The summed E-state index contributed by atoms with van der Waals surface area (Å²) in [6.07, 6.45) is 2.50. The zero-order chi connectivity index (χ0) is 13.0. The first-order valence-electron chi connectivity index (χ1n) is 6.92. The molecule has 0 amide bonds. The molecule has 2 N–H and O–H groups in total. The van der Waals surface area contributed by atoms with E-state index >= 15 is 0 Å². The van der Waals surface area contributed by atoms with E-state index in [1.807, 2.05) is 29.9 Å². The third-order valence-electron chi connectivity index (χ3n) is 4.41. The minimum absolute atomic E-state index is 0.654. The van der Waals surface area contributed by atoms with Gasteiger partial charge in [0.15, 0.2) is 0 Å². The fourth-order valence-electron chi connectivity index (χ4n) is 3.51. The number of hydrogen-bond acceptors (Lipinski definition) is 3. The molecular weight excluding hydrogens is 236 g/mol. The molecule has 0 aliphatic carbocycles. The smallest absolute Gasteiger partial charge is 0.0916 e. The van der Waals surface area contributed by atoms with E-state index in [0.717, 1.165) is 5.69 Å². The highest BCUT2D eigenvalue weighted by Crippen LogP contribution is 2.46. The van der Waals surface area contributed by atoms with Gasteiger partial charge in [0.05, 0.1) is 17.1 Å². The van der Waals surface area contributed by atoms with Crippen molar-refractivity contribution < 1.29 is 0 Å². The first-order valence-corrected chi connectivity index (χ1v) is 6.92. The Balaban J connectivity index is 1.94. The van der Waals surface area contributed by atoms with Crippen molar-refractivity contribution in [2.45, 2.75) is 18.8 Å². The summed E-state index contributed by atoms with van der Waals surface area (Å²) in [5, 5.41) is 4.77. The number of benzene rings is 1. The SMILES string of the molecule is Cn1nc2c(c1-c1cccc(N)c1)N1CCC2CC1. The zero-order valence-electron chi connectivity index (χ0n) is 11.1. The summed E-state index contributed by atoms with van der Waals surface area (Å²) in [6.45, 7) is 2.33. The molecule has 3 aliphatic rings. The van der Waals surface area contributed by atoms with E-state index in [9.17, 15) is 0 Å². The van der Waals surface area contributed by atoms with Gasteiger partial charge in [-0.3, -0.25) is 4.68 Å². The Bertz CT molecular complexity index is 636. The Labute approximate surface area is 112 Å². The second-order valence-corrected chi connectivity index (χ2v) is 5.59. The topological polar surface area (TPSA) is 47.1 Å². The van der Waals surface area contributed by atoms with Crippen LogP contribution in [0, 0.1) is 0 Å². The fraction of sp³-hybridized carbons (Fsp3) is 0.400. The van der Waals surface area contributed by atoms with E-state index in [1.165, 1.54) is 48.6 Å². The minimum Gasteiger partial charge on any atom is -0.399 e. The van der Waals surface area contributed by atoms with Crippen LogP contribution in [0.15, 0.2) is 24.3 Å². The lowest BCUT2D eigenvalue weighted by Crippen LogP contribution is -2.38. The maximum atomic E-state index is 5.92. The lowest BCUT2D eigenvalue weighted by Gasteiger charge is -2.39. The summed E-state index contributed by atoms with van der Waals surface area (Å²) in [7, 11) is 2.04. The normalized spacial score (nSPS) is 17.8. The van der Waals surface area contributed by atoms with Gasteiger partial charge in [-0.1, -0.05) is 12.1 Å². The maximum absolute atomic E-state index is 5.92. The first kappa shape index (κ1) is 10.9. The molecule has 98 valence electrons. The molecule has 0 atom stereocenters. The zero-order valence-corrected chi connectivity index (χ0v) is 11.1. The van der Waals surface area contributed by atoms with Gasteiger partial charge >= 0.3 is 0 Å². The third-order valence-corrected chi connectivity index (χ3v) is 4.41. The van der Waals surface area contributed by atoms with Crippen LogP contribution in [0.1, 0.15) is 24.5 Å². The molecule has 1 fully saturated rings. The largest absolute Gasteiger partial charge is 0.399 e. The Morgan fingerprint density at radius 1 is 1.26 bits per heavy atom. The van der Waals surface area contributed by atoms with Gasteiger partial charge < -0.3 is 10.6 Å². The van der Waals surface area contributed by atoms with Crippen LogP contribution in [0.5, 0.6) is 0 Å². The highest BCUT2D eigenvalue weighted by atomic mass is 15.3. The Kier molecular flexibility index (Phi) is 2.16. The molecule has 1 aromatic heterocycles. The second-order valence-electron chi connectivity index (χ2n) is 5.59. The molecule has 4 heteroatoms. The van der Waals surface area contributed by atoms with E-state index in [0.29, 0.717) is 5.92 Å². The maximum Gasteiger partial charge on any atom is 0.0916 e. The molecule has 0 spiro atoms. The molecule has 4 heterocycles. The van der Waals surface area contributed by atoms with Crippen LogP contribution in [0.4, 0.5) is 11.4 Å². The van der Waals surface area contributed by atoms with Crippen molar-refractivity contribution in [3.05, 3.63) is 30.0 Å². The monoisotopic (exact) mass is 254 g/mol. The molecule has 3 aliphatic heterocycles. The molecule has 19 heavy (non-hydrogen) atoms. The average Bonchev–Trinajstić information content (AvgIpc) is 2.79. The predicted molar refractivity (Wildman–Crippen MR) is 77.2 cm³/mol. The number of nitrogens with zero attached hydrogens (tertiary/aromatic N) is 3. The van der Waals surface area contributed by atoms with Gasteiger partial charge in [-0.05, 0) is 25.0 Å². The number of fused-ring (bicyclic) bond motifs is 2. The van der Waals surface area contributed by atoms with E-state index in [2.05, 4.69) is 11.0 Å². The quantitative estimate of drug-likeness (QED) is 0.795. The number of piperidine rings is 1. The summed E-state index contributed by atoms with van der Waals surface area (Å²) in [5.41, 5.74) is 11.7. The molecule has 1 saturated heterocycles. The van der Waals surface area contributed by atoms with Crippen LogP contribution in [0.25, 0.3) is 11.3 Å². The minimum atomic E-state index is 0.654. The molecule has 2 aromatic rings. The summed E-state index contributed by atoms with van der Waals surface area (Å²) in [6, 6.07) is 8.11. The van der Waals surface area contributed by atoms with Crippen molar-refractivity contribution in [3.63, 3.8) is 0 Å². The van der Waals surface area contributed by atoms with Gasteiger partial charge in [0, 0.05) is 37.3 Å². The van der Waals surface area contributed by atoms with Crippen molar-refractivity contribution >= 4 is 11.4 Å². The first-order chi connectivity index (χ1) is 9.24. The highest BCUT2D eigenvalue weighted by Gasteiger charge is 2.36. The lowest BCUT2D eigenvalue weighted by atomic mass is 9.86. The van der Waals surface area contributed by atoms with E-state index in [-0.39, 0.29) is 0 Å². The van der Waals surface area contributed by atoms with Gasteiger partial charge in [0.2, 0.25) is 0 Å². The van der Waals surface area contributed by atoms with Crippen LogP contribution >= 0.6 is 0 Å². The number of hydrogen-bond donors (Lipinski definition) is 1. The Morgan fingerprint density at radius 3 is 2.79 bits per heavy atom. The van der Waals surface area contributed by atoms with Crippen LogP contribution in [0.2, 0.25) is 0 Å². The molecule has 0 saturated carbocycles. The highest BCUT2D eigenvalue weighted by molar-refractivity contribution is 5.80. The van der Waals surface area contributed by atoms with E-state index < -0.39 is 0 Å². The van der Waals surface area contributed by atoms with Crippen molar-refractivity contribution in [2.24, 2.45) is 7.05 Å². The summed E-state index contributed by atoms with van der Waals surface area (Å²) < 4.78 is 2.02. The van der Waals surface area contributed by atoms with Gasteiger partial charge in [-0.25, -0.2) is 0 Å². The van der Waals surface area contributed by atoms with Gasteiger partial charge in [0.25, 0.3) is 0 Å². The van der Waals surface area contributed by atoms with Crippen LogP contribution in [-0.4, -0.2) is 22.9 Å². The Morgan fingerprint density at radius 2 is 2.05 bits per heavy atom. The third kappa shape index (κ3) is 1.49. The van der Waals surface area contributed by atoms with Crippen molar-refractivity contribution in [3.8, 4) is 11.3 Å². The Hall–Kier alpha value is -1.97. The van der Waals surface area contributed by atoms with Crippen molar-refractivity contribution in [1.29, 1.82) is 0 Å². The summed E-state index contributed by atoms with van der Waals surface area (Å²) in [4.78, 5) is 2.49. The second kappa shape index (κ2) is 3.76. The number of nitrogens with two attached hydrogens (primary N) is 1. The summed E-state index contributed by atoms with van der Waals surface area (Å²) >= 11 is 0. The molecule has 1 aromatic carbocycles. The molecular formula is C15H18N4. The molecule has 4 nitrogen and oxygen atoms in total. The average molecular weight is 254 g/mol. The molecule has 0 radical (unpaired) electrons. The predicted octanol–water partition coefficient (Wildman–Crippen LogP) is 2.37. The molecule has 0 unspecified atom stereocenters. The molecule has 2 bridgehead atoms. The van der Waals surface area contributed by atoms with Crippen LogP contribution < -0.4 is 10.6 Å². The number of nitrogen functional groups attached to an aromatic ring is 1. The number of aromatic nitrogens is 2. The molecule has 5 rings (SSSR count). The fourth-order valence-corrected chi connectivity index (χ4v) is 3.51. The number of anilines is 2. The lowest BCUT2D eigenvalue weighted by molar-refractivity contribution is 0.464. The van der Waals surface area contributed by atoms with Crippen molar-refractivity contribution in [2.75, 3.05) is 23.7 Å². The van der Waals surface area contributed by atoms with Gasteiger partial charge in [0.1, 0.15) is 0 Å². The van der Waals surface area contributed by atoms with Gasteiger partial charge in [-0.15, -0.1) is 0 Å². The van der Waals surface area contributed by atoms with Crippen LogP contribution in [-0.2, 0) is 7.05 Å². The van der Waals surface area contributed by atoms with Crippen LogP contribution in [0.3, 0.4) is 0 Å². The van der Waals surface area contributed by atoms with Gasteiger partial charge in [-0.2, -0.15) is 5.10 Å². The van der Waals surface area contributed by atoms with E-state index in [4.69, 9.17) is 10.8 Å². The van der Waals surface area contributed by atoms with Crippen molar-refractivity contribution in [1.82, 2.24) is 9.78 Å². The number of aryl methyl sites for hydroxylation is 1. The number of rotatable bonds is 1. The standard InChI is InChI=1S/C15H18N4/c1-18-14(11-3-2-4-12(16)9-11)15-13(17-18)10-5-7-19(15)8-6-10/h2-4,9-10H,5-8,16H2,1H3. The van der Waals surface area contributed by atoms with E-state index in [1.54, 1.807) is 0 Å².